The van der Waals surface area contributed by atoms with Crippen molar-refractivity contribution >= 4 is 28.7 Å². The van der Waals surface area contributed by atoms with Crippen LogP contribution in [0.15, 0.2) is 88.3 Å². The molecule has 2 aliphatic rings. The van der Waals surface area contributed by atoms with E-state index in [1.165, 1.54) is 21.2 Å². The van der Waals surface area contributed by atoms with Crippen LogP contribution in [0.1, 0.15) is 45.6 Å². The standard InChI is InChI=1S/C29H34N2OS/c1-4-30(5-2)24-18-19-25(27(32)21-24)23(17-16-22-12-8-7-9-13-22)20-29-31(6-3)26-14-10-11-15-28(26)33-29/h7-8,10-12,14-15,17-21,32H,4-6,9,13,16H2,1-3H3/b23-17-,29-20-. The third-order valence-electron chi connectivity index (χ3n) is 6.34. The number of hydrogen-bond acceptors (Lipinski definition) is 4. The summed E-state index contributed by atoms with van der Waals surface area (Å²) >= 11 is 1.80. The molecule has 0 bridgehead atoms. The van der Waals surface area contributed by atoms with Gasteiger partial charge in [0.05, 0.1) is 10.7 Å². The fourth-order valence-electron chi connectivity index (χ4n) is 4.48. The largest absolute Gasteiger partial charge is 0.507 e. The van der Waals surface area contributed by atoms with Crippen LogP contribution in [-0.2, 0) is 0 Å². The number of benzene rings is 2. The number of allylic oxidation sites excluding steroid dienone is 7. The third kappa shape index (κ3) is 5.22. The van der Waals surface area contributed by atoms with E-state index in [0.29, 0.717) is 5.75 Å². The lowest BCUT2D eigenvalue weighted by Crippen LogP contribution is -2.21. The van der Waals surface area contributed by atoms with E-state index in [9.17, 15) is 5.11 Å². The van der Waals surface area contributed by atoms with E-state index in [1.807, 2.05) is 6.07 Å². The number of anilines is 2. The predicted molar refractivity (Wildman–Crippen MR) is 144 cm³/mol. The topological polar surface area (TPSA) is 26.7 Å². The van der Waals surface area contributed by atoms with Crippen LogP contribution in [0.4, 0.5) is 11.4 Å². The van der Waals surface area contributed by atoms with Crippen molar-refractivity contribution in [2.24, 2.45) is 0 Å². The normalized spacial score (nSPS) is 16.8. The summed E-state index contributed by atoms with van der Waals surface area (Å²) in [5, 5.41) is 12.3. The molecule has 1 heterocycles. The van der Waals surface area contributed by atoms with Crippen molar-refractivity contribution in [2.75, 3.05) is 29.4 Å². The number of para-hydroxylation sites is 1. The lowest BCUT2D eigenvalue weighted by atomic mass is 9.97. The quantitative estimate of drug-likeness (QED) is 0.437. The molecular formula is C29H34N2OS. The highest BCUT2D eigenvalue weighted by Crippen LogP contribution is 2.47. The van der Waals surface area contributed by atoms with Crippen LogP contribution in [-0.4, -0.2) is 24.7 Å². The minimum absolute atomic E-state index is 0.337. The summed E-state index contributed by atoms with van der Waals surface area (Å²) in [6.07, 6.45) is 14.2. The molecule has 33 heavy (non-hydrogen) atoms. The molecule has 172 valence electrons. The molecular weight excluding hydrogens is 424 g/mol. The Balaban J connectivity index is 1.72. The highest BCUT2D eigenvalue weighted by Gasteiger charge is 2.24. The molecule has 0 saturated heterocycles. The maximum Gasteiger partial charge on any atom is 0.125 e. The molecule has 0 radical (unpaired) electrons. The first-order valence-corrected chi connectivity index (χ1v) is 12.8. The van der Waals surface area contributed by atoms with Gasteiger partial charge in [-0.2, -0.15) is 0 Å². The van der Waals surface area contributed by atoms with E-state index in [4.69, 9.17) is 0 Å². The number of rotatable bonds is 8. The van der Waals surface area contributed by atoms with Crippen LogP contribution in [0.5, 0.6) is 5.75 Å². The minimum Gasteiger partial charge on any atom is -0.507 e. The van der Waals surface area contributed by atoms with Gasteiger partial charge in [0.1, 0.15) is 5.75 Å². The lowest BCUT2D eigenvalue weighted by molar-refractivity contribution is 0.473. The van der Waals surface area contributed by atoms with Gasteiger partial charge in [-0.15, -0.1) is 0 Å². The molecule has 0 unspecified atom stereocenters. The number of aromatic hydroxyl groups is 1. The summed E-state index contributed by atoms with van der Waals surface area (Å²) < 4.78 is 0. The summed E-state index contributed by atoms with van der Waals surface area (Å²) in [6, 6.07) is 14.7. The van der Waals surface area contributed by atoms with E-state index < -0.39 is 0 Å². The van der Waals surface area contributed by atoms with Crippen molar-refractivity contribution < 1.29 is 5.11 Å². The maximum atomic E-state index is 11.1. The van der Waals surface area contributed by atoms with E-state index in [1.54, 1.807) is 11.8 Å². The molecule has 3 nitrogen and oxygen atoms in total. The Morgan fingerprint density at radius 2 is 1.94 bits per heavy atom. The summed E-state index contributed by atoms with van der Waals surface area (Å²) in [5.41, 5.74) is 5.71. The first-order chi connectivity index (χ1) is 16.1. The van der Waals surface area contributed by atoms with Gasteiger partial charge in [-0.25, -0.2) is 0 Å². The Labute approximate surface area is 202 Å². The van der Waals surface area contributed by atoms with Gasteiger partial charge in [0.25, 0.3) is 0 Å². The van der Waals surface area contributed by atoms with Crippen molar-refractivity contribution in [3.63, 3.8) is 0 Å². The Kier molecular flexibility index (Phi) is 7.66. The van der Waals surface area contributed by atoms with Crippen LogP contribution >= 0.6 is 11.8 Å². The number of phenols is 1. The van der Waals surface area contributed by atoms with Gasteiger partial charge in [0.2, 0.25) is 0 Å². The number of phenolic OH excluding ortho intramolecular Hbond substituents is 1. The van der Waals surface area contributed by atoms with Crippen molar-refractivity contribution in [3.05, 3.63) is 89.0 Å². The monoisotopic (exact) mass is 458 g/mol. The van der Waals surface area contributed by atoms with Gasteiger partial charge in [-0.05, 0) is 75.9 Å². The molecule has 1 aliphatic carbocycles. The summed E-state index contributed by atoms with van der Waals surface area (Å²) in [5.74, 6) is 0.337. The molecule has 0 amide bonds. The SMILES string of the molecule is CCN(CC)c1ccc(C(=C\CC2=CC=CCC2)/C=C2\Sc3ccccc3N2CC)c(O)c1. The van der Waals surface area contributed by atoms with Crippen molar-refractivity contribution in [2.45, 2.75) is 44.9 Å². The van der Waals surface area contributed by atoms with Gasteiger partial charge in [-0.3, -0.25) is 0 Å². The van der Waals surface area contributed by atoms with Crippen molar-refractivity contribution in [1.82, 2.24) is 0 Å². The molecule has 2 aromatic rings. The molecule has 1 N–H and O–H groups in total. The summed E-state index contributed by atoms with van der Waals surface area (Å²) in [6.45, 7) is 9.23. The molecule has 0 atom stereocenters. The lowest BCUT2D eigenvalue weighted by Gasteiger charge is -2.22. The molecule has 0 fully saturated rings. The van der Waals surface area contributed by atoms with E-state index in [0.717, 1.165) is 55.7 Å². The number of hydrogen-bond donors (Lipinski definition) is 1. The predicted octanol–water partition coefficient (Wildman–Crippen LogP) is 7.76. The third-order valence-corrected chi connectivity index (χ3v) is 7.45. The van der Waals surface area contributed by atoms with E-state index >= 15 is 0 Å². The average molecular weight is 459 g/mol. The van der Waals surface area contributed by atoms with Crippen LogP contribution in [0, 0.1) is 0 Å². The Bertz CT molecular complexity index is 1110. The molecule has 0 aromatic heterocycles. The minimum atomic E-state index is 0.337. The second kappa shape index (κ2) is 10.8. The van der Waals surface area contributed by atoms with Gasteiger partial charge in [-0.1, -0.05) is 53.8 Å². The highest BCUT2D eigenvalue weighted by atomic mass is 32.2. The smallest absolute Gasteiger partial charge is 0.125 e. The van der Waals surface area contributed by atoms with Crippen LogP contribution in [0.25, 0.3) is 5.57 Å². The molecule has 1 aliphatic heterocycles. The van der Waals surface area contributed by atoms with Gasteiger partial charge in [0, 0.05) is 41.8 Å². The zero-order valence-electron chi connectivity index (χ0n) is 19.9. The molecule has 2 aromatic carbocycles. The molecule has 4 heteroatoms. The second-order valence-corrected chi connectivity index (χ2v) is 9.39. The maximum absolute atomic E-state index is 11.1. The van der Waals surface area contributed by atoms with Crippen LogP contribution in [0.2, 0.25) is 0 Å². The van der Waals surface area contributed by atoms with Gasteiger partial charge >= 0.3 is 0 Å². The van der Waals surface area contributed by atoms with Crippen molar-refractivity contribution in [3.8, 4) is 5.75 Å². The van der Waals surface area contributed by atoms with E-state index in [-0.39, 0.29) is 0 Å². The summed E-state index contributed by atoms with van der Waals surface area (Å²) in [4.78, 5) is 5.90. The zero-order chi connectivity index (χ0) is 23.2. The fourth-order valence-corrected chi connectivity index (χ4v) is 5.66. The summed E-state index contributed by atoms with van der Waals surface area (Å²) in [7, 11) is 0. The number of nitrogens with zero attached hydrogens (tertiary/aromatic N) is 2. The van der Waals surface area contributed by atoms with E-state index in [2.05, 4.69) is 97.3 Å². The van der Waals surface area contributed by atoms with Crippen molar-refractivity contribution in [1.29, 1.82) is 0 Å². The molecule has 0 spiro atoms. The van der Waals surface area contributed by atoms with Crippen LogP contribution in [0.3, 0.4) is 0 Å². The Morgan fingerprint density at radius 3 is 2.64 bits per heavy atom. The first kappa shape index (κ1) is 23.3. The second-order valence-electron chi connectivity index (χ2n) is 8.33. The number of thioether (sulfide) groups is 1. The average Bonchev–Trinajstić information content (AvgIpc) is 3.20. The number of fused-ring (bicyclic) bond motifs is 1. The zero-order valence-corrected chi connectivity index (χ0v) is 20.7. The molecule has 4 rings (SSSR count). The molecule has 0 saturated carbocycles. The Morgan fingerprint density at radius 1 is 1.12 bits per heavy atom. The van der Waals surface area contributed by atoms with Gasteiger partial charge in [0.15, 0.2) is 0 Å². The highest BCUT2D eigenvalue weighted by molar-refractivity contribution is 8.03. The fraction of sp³-hybridized carbons (Fsp3) is 0.310. The Hall–Kier alpha value is -2.85. The van der Waals surface area contributed by atoms with Crippen LogP contribution < -0.4 is 9.80 Å². The first-order valence-electron chi connectivity index (χ1n) is 12.0. The van der Waals surface area contributed by atoms with Gasteiger partial charge < -0.3 is 14.9 Å².